The van der Waals surface area contributed by atoms with Gasteiger partial charge < -0.3 is 14.8 Å². The first-order chi connectivity index (χ1) is 19.3. The van der Waals surface area contributed by atoms with E-state index in [4.69, 9.17) is 4.74 Å². The van der Waals surface area contributed by atoms with Gasteiger partial charge >= 0.3 is 6.18 Å². The Balaban J connectivity index is 1.09. The highest BCUT2D eigenvalue weighted by Crippen LogP contribution is 2.45. The van der Waals surface area contributed by atoms with Crippen molar-refractivity contribution in [3.05, 3.63) is 48.6 Å². The van der Waals surface area contributed by atoms with E-state index in [0.717, 1.165) is 35.1 Å². The predicted octanol–water partition coefficient (Wildman–Crippen LogP) is 3.44. The molecule has 14 heteroatoms. The Morgan fingerprint density at radius 2 is 2.00 bits per heavy atom. The number of aliphatic hydroxyl groups is 1. The van der Waals surface area contributed by atoms with Gasteiger partial charge in [-0.3, -0.25) is 9.58 Å². The summed E-state index contributed by atoms with van der Waals surface area (Å²) in [5, 5.41) is 24.4. The molecule has 2 aliphatic rings. The minimum Gasteiger partial charge on any atom is -0.474 e. The number of ether oxygens (including phenoxy) is 1. The quantitative estimate of drug-likeness (QED) is 0.352. The Labute approximate surface area is 226 Å². The van der Waals surface area contributed by atoms with Crippen LogP contribution in [0.1, 0.15) is 43.6 Å². The topological polar surface area (TPSA) is 142 Å². The van der Waals surface area contributed by atoms with Gasteiger partial charge in [-0.15, -0.1) is 0 Å². The fraction of sp³-hybridized carbons (Fsp3) is 0.462. The van der Waals surface area contributed by atoms with Gasteiger partial charge in [0.1, 0.15) is 18.1 Å². The maximum Gasteiger partial charge on any atom is 0.451 e. The lowest BCUT2D eigenvalue weighted by molar-refractivity contribution is -0.145. The fourth-order valence-corrected chi connectivity index (χ4v) is 5.71. The monoisotopic (exact) mass is 553 g/mol. The predicted molar refractivity (Wildman–Crippen MR) is 135 cm³/mol. The number of alkyl halides is 3. The number of nitrogens with zero attached hydrogens (tertiary/aromatic N) is 8. The second-order valence-corrected chi connectivity index (χ2v) is 10.3. The summed E-state index contributed by atoms with van der Waals surface area (Å²) in [4.78, 5) is 21.0. The summed E-state index contributed by atoms with van der Waals surface area (Å²) >= 11 is 0. The number of piperidine rings is 1. The minimum atomic E-state index is -4.73. The summed E-state index contributed by atoms with van der Waals surface area (Å²) < 4.78 is 47.0. The van der Waals surface area contributed by atoms with Crippen LogP contribution in [0, 0.1) is 11.3 Å². The van der Waals surface area contributed by atoms with Crippen LogP contribution < -0.4 is 4.74 Å². The second-order valence-electron chi connectivity index (χ2n) is 10.3. The molecule has 0 bridgehead atoms. The average Bonchev–Trinajstić information content (AvgIpc) is 3.61. The molecule has 4 aromatic heterocycles. The van der Waals surface area contributed by atoms with E-state index < -0.39 is 24.1 Å². The first kappa shape index (κ1) is 26.1. The van der Waals surface area contributed by atoms with Crippen LogP contribution in [0.4, 0.5) is 13.2 Å². The number of rotatable bonds is 7. The maximum absolute atomic E-state index is 13.1. The van der Waals surface area contributed by atoms with Crippen LogP contribution in [0.2, 0.25) is 0 Å². The molecule has 1 aliphatic heterocycles. The summed E-state index contributed by atoms with van der Waals surface area (Å²) in [5.74, 6) is -1.51. The van der Waals surface area contributed by atoms with Gasteiger partial charge in [-0.05, 0) is 31.7 Å². The van der Waals surface area contributed by atoms with Crippen molar-refractivity contribution in [3.8, 4) is 23.2 Å². The molecule has 0 radical (unpaired) electrons. The van der Waals surface area contributed by atoms with Crippen molar-refractivity contribution in [2.75, 3.05) is 13.1 Å². The SMILES string of the molecule is N#CC[C@]1(n2cc(-c3ncnc4[nH]ccc34)cn2)C[C@H](N2CCC(Oc3cc(CO)nc(C(F)(F)F)n3)CC2)C1. The number of hydrogen-bond donors (Lipinski definition) is 2. The molecule has 5 heterocycles. The third-order valence-corrected chi connectivity index (χ3v) is 7.79. The number of H-pyrrole nitrogens is 1. The molecule has 2 N–H and O–H groups in total. The van der Waals surface area contributed by atoms with Crippen molar-refractivity contribution in [2.24, 2.45) is 0 Å². The normalized spacial score (nSPS) is 22.2. The van der Waals surface area contributed by atoms with Crippen LogP contribution in [0.5, 0.6) is 5.88 Å². The first-order valence-electron chi connectivity index (χ1n) is 13.0. The van der Waals surface area contributed by atoms with Crippen molar-refractivity contribution in [3.63, 3.8) is 0 Å². The Morgan fingerprint density at radius 3 is 2.73 bits per heavy atom. The van der Waals surface area contributed by atoms with Crippen molar-refractivity contribution in [2.45, 2.75) is 62.6 Å². The molecule has 0 amide bonds. The van der Waals surface area contributed by atoms with E-state index in [1.165, 1.54) is 12.4 Å². The Bertz CT molecular complexity index is 1550. The zero-order valence-electron chi connectivity index (χ0n) is 21.3. The van der Waals surface area contributed by atoms with Gasteiger partial charge in [-0.25, -0.2) is 15.0 Å². The summed E-state index contributed by atoms with van der Waals surface area (Å²) in [6, 6.07) is 5.75. The van der Waals surface area contributed by atoms with E-state index in [-0.39, 0.29) is 23.7 Å². The van der Waals surface area contributed by atoms with Gasteiger partial charge in [0.05, 0.1) is 42.2 Å². The fourth-order valence-electron chi connectivity index (χ4n) is 5.71. The number of aliphatic hydroxyl groups excluding tert-OH is 1. The standard InChI is InChI=1S/C26H26F3N9O2/c27-26(28,29)24-35-17(14-39)9-21(36-24)40-19-2-7-37(8-3-19)18-10-25(11-18,4-5-30)38-13-16(12-34-38)22-20-1-6-31-23(20)33-15-32-22/h1,6,9,12-13,15,18-19,39H,2-4,7-8,10-11,14H2,(H,31,32,33)/t18-,25-. The van der Waals surface area contributed by atoms with E-state index in [1.807, 2.05) is 23.1 Å². The summed E-state index contributed by atoms with van der Waals surface area (Å²) in [6.45, 7) is 0.775. The number of nitriles is 1. The van der Waals surface area contributed by atoms with Gasteiger partial charge in [0.15, 0.2) is 0 Å². The van der Waals surface area contributed by atoms with E-state index in [2.05, 4.69) is 41.0 Å². The molecule has 1 saturated carbocycles. The van der Waals surface area contributed by atoms with Gasteiger partial charge in [-0.2, -0.15) is 28.5 Å². The van der Waals surface area contributed by atoms with E-state index in [0.29, 0.717) is 32.4 Å². The van der Waals surface area contributed by atoms with Crippen molar-refractivity contribution in [1.82, 2.24) is 39.6 Å². The highest BCUT2D eigenvalue weighted by atomic mass is 19.4. The summed E-state index contributed by atoms with van der Waals surface area (Å²) in [6.07, 6.45) is 5.10. The Hall–Kier alpha value is -4.09. The van der Waals surface area contributed by atoms with E-state index in [9.17, 15) is 23.5 Å². The van der Waals surface area contributed by atoms with Crippen LogP contribution in [-0.4, -0.2) is 69.9 Å². The van der Waals surface area contributed by atoms with Crippen LogP contribution in [0.15, 0.2) is 37.1 Å². The Kier molecular flexibility index (Phi) is 6.63. The zero-order valence-corrected chi connectivity index (χ0v) is 21.3. The number of likely N-dealkylation sites (tertiary alicyclic amines) is 1. The lowest BCUT2D eigenvalue weighted by Crippen LogP contribution is -2.58. The zero-order chi connectivity index (χ0) is 27.9. The van der Waals surface area contributed by atoms with Crippen LogP contribution in [0.25, 0.3) is 22.3 Å². The molecule has 11 nitrogen and oxygen atoms in total. The molecule has 0 atom stereocenters. The molecule has 4 aromatic rings. The molecule has 40 heavy (non-hydrogen) atoms. The number of aromatic amines is 1. The molecular formula is C26H26F3N9O2. The highest BCUT2D eigenvalue weighted by molar-refractivity contribution is 5.89. The molecule has 208 valence electrons. The van der Waals surface area contributed by atoms with E-state index >= 15 is 0 Å². The van der Waals surface area contributed by atoms with Gasteiger partial charge in [0.25, 0.3) is 0 Å². The first-order valence-corrected chi connectivity index (χ1v) is 13.0. The van der Waals surface area contributed by atoms with Gasteiger partial charge in [0, 0.05) is 48.5 Å². The molecule has 1 saturated heterocycles. The second kappa shape index (κ2) is 10.1. The molecule has 6 rings (SSSR count). The van der Waals surface area contributed by atoms with Crippen LogP contribution >= 0.6 is 0 Å². The lowest BCUT2D eigenvalue weighted by atomic mass is 9.69. The largest absolute Gasteiger partial charge is 0.474 e. The van der Waals surface area contributed by atoms with Crippen LogP contribution in [-0.2, 0) is 18.3 Å². The minimum absolute atomic E-state index is 0.142. The summed E-state index contributed by atoms with van der Waals surface area (Å²) in [7, 11) is 0. The van der Waals surface area contributed by atoms with Crippen molar-refractivity contribution < 1.29 is 23.0 Å². The maximum atomic E-state index is 13.1. The number of fused-ring (bicyclic) bond motifs is 1. The molecule has 1 aliphatic carbocycles. The number of hydrogen-bond acceptors (Lipinski definition) is 9. The highest BCUT2D eigenvalue weighted by Gasteiger charge is 2.49. The van der Waals surface area contributed by atoms with Gasteiger partial charge in [0.2, 0.25) is 11.7 Å². The van der Waals surface area contributed by atoms with Gasteiger partial charge in [-0.1, -0.05) is 0 Å². The number of aromatic nitrogens is 7. The molecule has 0 spiro atoms. The van der Waals surface area contributed by atoms with Crippen molar-refractivity contribution in [1.29, 1.82) is 5.26 Å². The van der Waals surface area contributed by atoms with Crippen molar-refractivity contribution >= 4 is 11.0 Å². The molecule has 0 unspecified atom stereocenters. The molecule has 0 aromatic carbocycles. The van der Waals surface area contributed by atoms with E-state index in [1.54, 1.807) is 6.20 Å². The molecule has 2 fully saturated rings. The molecular weight excluding hydrogens is 527 g/mol. The average molecular weight is 554 g/mol. The number of halogens is 3. The smallest absolute Gasteiger partial charge is 0.451 e. The Morgan fingerprint density at radius 1 is 1.20 bits per heavy atom. The summed E-state index contributed by atoms with van der Waals surface area (Å²) in [5.41, 5.74) is 1.82. The third-order valence-electron chi connectivity index (χ3n) is 7.79. The van der Waals surface area contributed by atoms with Crippen LogP contribution in [0.3, 0.4) is 0 Å². The lowest BCUT2D eigenvalue weighted by Gasteiger charge is -2.52. The number of nitrogens with one attached hydrogen (secondary N) is 1. The third kappa shape index (κ3) is 4.86.